The van der Waals surface area contributed by atoms with Crippen molar-refractivity contribution in [3.8, 4) is 0 Å². The van der Waals surface area contributed by atoms with Crippen molar-refractivity contribution in [2.24, 2.45) is 0 Å². The van der Waals surface area contributed by atoms with Crippen LogP contribution in [0.3, 0.4) is 0 Å². The van der Waals surface area contributed by atoms with Gasteiger partial charge in [0.15, 0.2) is 0 Å². The molecule has 0 saturated carbocycles. The zero-order valence-corrected chi connectivity index (χ0v) is 13.5. The first kappa shape index (κ1) is 14.1. The molecule has 1 unspecified atom stereocenters. The van der Waals surface area contributed by atoms with Crippen LogP contribution in [0.2, 0.25) is 0 Å². The van der Waals surface area contributed by atoms with Gasteiger partial charge in [-0.05, 0) is 71.9 Å². The Bertz CT molecular complexity index is 590. The number of benzene rings is 2. The summed E-state index contributed by atoms with van der Waals surface area (Å²) in [5.41, 5.74) is 6.39. The maximum absolute atomic E-state index is 3.64. The van der Waals surface area contributed by atoms with Crippen LogP contribution in [-0.4, -0.2) is 0 Å². The van der Waals surface area contributed by atoms with Gasteiger partial charge in [-0.2, -0.15) is 0 Å². The van der Waals surface area contributed by atoms with Gasteiger partial charge in [-0.15, -0.1) is 0 Å². The Hall–Kier alpha value is -1.28. The van der Waals surface area contributed by atoms with Gasteiger partial charge in [0.25, 0.3) is 0 Å². The zero-order chi connectivity index (χ0) is 14.0. The summed E-state index contributed by atoms with van der Waals surface area (Å²) in [6, 6.07) is 13.2. The molecule has 0 fully saturated rings. The van der Waals surface area contributed by atoms with Crippen LogP contribution in [0.15, 0.2) is 40.9 Å². The molecule has 0 aliphatic heterocycles. The van der Waals surface area contributed by atoms with Gasteiger partial charge in [0.05, 0.1) is 0 Å². The molecule has 0 heterocycles. The fraction of sp³-hybridized carbons (Fsp3) is 0.294. The lowest BCUT2D eigenvalue weighted by atomic mass is 10.0. The largest absolute Gasteiger partial charge is 0.378 e. The van der Waals surface area contributed by atoms with E-state index >= 15 is 0 Å². The Labute approximate surface area is 124 Å². The molecule has 1 nitrogen and oxygen atoms in total. The molecule has 0 aliphatic rings. The van der Waals surface area contributed by atoms with E-state index in [1.54, 1.807) is 0 Å². The lowest BCUT2D eigenvalue weighted by Crippen LogP contribution is -2.07. The second-order valence-electron chi connectivity index (χ2n) is 5.15. The second-order valence-corrected chi connectivity index (χ2v) is 5.94. The molecule has 2 heteroatoms. The topological polar surface area (TPSA) is 12.0 Å². The van der Waals surface area contributed by atoms with Crippen LogP contribution in [0.1, 0.15) is 35.2 Å². The summed E-state index contributed by atoms with van der Waals surface area (Å²) in [5, 5.41) is 3.57. The number of nitrogens with one attached hydrogen (secondary N) is 1. The third kappa shape index (κ3) is 3.19. The van der Waals surface area contributed by atoms with Gasteiger partial charge in [0.1, 0.15) is 0 Å². The van der Waals surface area contributed by atoms with E-state index in [9.17, 15) is 0 Å². The number of hydrogen-bond acceptors (Lipinski definition) is 1. The molecule has 0 aliphatic carbocycles. The number of anilines is 1. The number of hydrogen-bond donors (Lipinski definition) is 1. The predicted molar refractivity (Wildman–Crippen MR) is 86.8 cm³/mol. The molecule has 1 N–H and O–H groups in total. The van der Waals surface area contributed by atoms with Gasteiger partial charge in [-0.1, -0.05) is 30.3 Å². The molecule has 0 amide bonds. The minimum atomic E-state index is 0.289. The third-order valence-electron chi connectivity index (χ3n) is 3.59. The van der Waals surface area contributed by atoms with Crippen LogP contribution in [0.4, 0.5) is 5.69 Å². The molecule has 0 radical (unpaired) electrons. The highest BCUT2D eigenvalue weighted by Gasteiger charge is 2.09. The van der Waals surface area contributed by atoms with Crippen molar-refractivity contribution in [1.82, 2.24) is 0 Å². The predicted octanol–water partition coefficient (Wildman–Crippen LogP) is 5.55. The average Bonchev–Trinajstić information content (AvgIpc) is 2.38. The maximum atomic E-state index is 3.64. The van der Waals surface area contributed by atoms with Gasteiger partial charge in [0.2, 0.25) is 0 Å². The molecule has 19 heavy (non-hydrogen) atoms. The first-order valence-corrected chi connectivity index (χ1v) is 7.37. The second kappa shape index (κ2) is 5.79. The quantitative estimate of drug-likeness (QED) is 0.782. The molecule has 0 spiro atoms. The van der Waals surface area contributed by atoms with Crippen molar-refractivity contribution < 1.29 is 0 Å². The molecule has 0 aromatic heterocycles. The van der Waals surface area contributed by atoms with E-state index < -0.39 is 0 Å². The van der Waals surface area contributed by atoms with Gasteiger partial charge < -0.3 is 5.32 Å². The minimum absolute atomic E-state index is 0.289. The van der Waals surface area contributed by atoms with E-state index in [1.807, 2.05) is 0 Å². The molecule has 2 aromatic rings. The molecular formula is C17H20BrN. The van der Waals surface area contributed by atoms with Gasteiger partial charge >= 0.3 is 0 Å². The highest BCUT2D eigenvalue weighted by atomic mass is 79.9. The van der Waals surface area contributed by atoms with Crippen molar-refractivity contribution in [3.63, 3.8) is 0 Å². The van der Waals surface area contributed by atoms with Crippen molar-refractivity contribution >= 4 is 21.6 Å². The van der Waals surface area contributed by atoms with Crippen LogP contribution >= 0.6 is 15.9 Å². The summed E-state index contributed by atoms with van der Waals surface area (Å²) in [6.45, 7) is 8.61. The summed E-state index contributed by atoms with van der Waals surface area (Å²) in [5.74, 6) is 0. The standard InChI is InChI=1S/C17H20BrN/c1-11-8-9-15(10-13(11)3)14(4)19-16-7-5-6-12(2)17(16)18/h5-10,14,19H,1-4H3. The van der Waals surface area contributed by atoms with Crippen molar-refractivity contribution in [3.05, 3.63) is 63.1 Å². The van der Waals surface area contributed by atoms with E-state index in [0.717, 1.165) is 10.2 Å². The summed E-state index contributed by atoms with van der Waals surface area (Å²) < 4.78 is 1.14. The average molecular weight is 318 g/mol. The number of halogens is 1. The van der Waals surface area contributed by atoms with Crippen LogP contribution < -0.4 is 5.32 Å². The molecule has 2 rings (SSSR count). The number of rotatable bonds is 3. The molecule has 2 aromatic carbocycles. The first-order chi connectivity index (χ1) is 8.99. The highest BCUT2D eigenvalue weighted by molar-refractivity contribution is 9.10. The summed E-state index contributed by atoms with van der Waals surface area (Å²) in [7, 11) is 0. The van der Waals surface area contributed by atoms with E-state index in [4.69, 9.17) is 0 Å². The highest BCUT2D eigenvalue weighted by Crippen LogP contribution is 2.29. The molecule has 100 valence electrons. The Morgan fingerprint density at radius 1 is 0.947 bits per heavy atom. The normalized spacial score (nSPS) is 12.3. The molecular weight excluding hydrogens is 298 g/mol. The third-order valence-corrected chi connectivity index (χ3v) is 4.65. The Kier molecular flexibility index (Phi) is 4.31. The fourth-order valence-corrected chi connectivity index (χ4v) is 2.49. The lowest BCUT2D eigenvalue weighted by molar-refractivity contribution is 0.880. The summed E-state index contributed by atoms with van der Waals surface area (Å²) in [4.78, 5) is 0. The van der Waals surface area contributed by atoms with Crippen LogP contribution in [-0.2, 0) is 0 Å². The van der Waals surface area contributed by atoms with E-state index in [0.29, 0.717) is 0 Å². The molecule has 1 atom stereocenters. The van der Waals surface area contributed by atoms with Crippen molar-refractivity contribution in [2.75, 3.05) is 5.32 Å². The monoisotopic (exact) mass is 317 g/mol. The van der Waals surface area contributed by atoms with Gasteiger partial charge in [0, 0.05) is 16.2 Å². The van der Waals surface area contributed by atoms with E-state index in [-0.39, 0.29) is 6.04 Å². The van der Waals surface area contributed by atoms with Crippen LogP contribution in [0, 0.1) is 20.8 Å². The zero-order valence-electron chi connectivity index (χ0n) is 11.9. The van der Waals surface area contributed by atoms with E-state index in [1.165, 1.54) is 22.3 Å². The van der Waals surface area contributed by atoms with Gasteiger partial charge in [-0.25, -0.2) is 0 Å². The van der Waals surface area contributed by atoms with E-state index in [2.05, 4.69) is 85.3 Å². The van der Waals surface area contributed by atoms with Crippen LogP contribution in [0.5, 0.6) is 0 Å². The first-order valence-electron chi connectivity index (χ1n) is 6.58. The van der Waals surface area contributed by atoms with Gasteiger partial charge in [-0.3, -0.25) is 0 Å². The number of aryl methyl sites for hydroxylation is 3. The van der Waals surface area contributed by atoms with Crippen molar-refractivity contribution in [1.29, 1.82) is 0 Å². The van der Waals surface area contributed by atoms with Crippen LogP contribution in [0.25, 0.3) is 0 Å². The molecule has 0 bridgehead atoms. The maximum Gasteiger partial charge on any atom is 0.0492 e. The molecule has 0 saturated heterocycles. The Balaban J connectivity index is 2.23. The Morgan fingerprint density at radius 3 is 2.37 bits per heavy atom. The minimum Gasteiger partial charge on any atom is -0.378 e. The summed E-state index contributed by atoms with van der Waals surface area (Å²) >= 11 is 3.64. The SMILES string of the molecule is Cc1ccc(C(C)Nc2cccc(C)c2Br)cc1C. The smallest absolute Gasteiger partial charge is 0.0492 e. The van der Waals surface area contributed by atoms with Crippen molar-refractivity contribution in [2.45, 2.75) is 33.7 Å². The summed E-state index contributed by atoms with van der Waals surface area (Å²) in [6.07, 6.45) is 0. The Morgan fingerprint density at radius 2 is 1.68 bits per heavy atom. The lowest BCUT2D eigenvalue weighted by Gasteiger charge is -2.18. The fourth-order valence-electron chi connectivity index (χ4n) is 2.11.